The zero-order chi connectivity index (χ0) is 14.7. The first-order chi connectivity index (χ1) is 10.3. The highest BCUT2D eigenvalue weighted by atomic mass is 16.2. The van der Waals surface area contributed by atoms with Crippen molar-refractivity contribution in [3.8, 4) is 0 Å². The van der Waals surface area contributed by atoms with E-state index < -0.39 is 0 Å². The van der Waals surface area contributed by atoms with E-state index in [0.717, 1.165) is 19.4 Å². The summed E-state index contributed by atoms with van der Waals surface area (Å²) in [6, 6.07) is 11.1. The van der Waals surface area contributed by atoms with E-state index in [2.05, 4.69) is 41.4 Å². The maximum Gasteiger partial charge on any atom is 0.0434 e. The second kappa shape index (κ2) is 6.80. The monoisotopic (exact) mass is 288 g/mol. The van der Waals surface area contributed by atoms with Gasteiger partial charge in [0.15, 0.2) is 0 Å². The number of rotatable bonds is 6. The number of hydrogen-bond acceptors (Lipinski definition) is 3. The Balaban J connectivity index is 1.73. The maximum atomic E-state index is 9.00. The molecule has 0 aliphatic carbocycles. The van der Waals surface area contributed by atoms with Crippen molar-refractivity contribution in [2.75, 3.05) is 18.1 Å². The van der Waals surface area contributed by atoms with Crippen molar-refractivity contribution in [3.63, 3.8) is 0 Å². The Bertz CT molecular complexity index is 448. The Morgan fingerprint density at radius 1 is 1.24 bits per heavy atom. The third kappa shape index (κ3) is 3.24. The molecule has 1 aromatic carbocycles. The van der Waals surface area contributed by atoms with Gasteiger partial charge in [-0.3, -0.25) is 0 Å². The van der Waals surface area contributed by atoms with Crippen LogP contribution in [0.25, 0.3) is 0 Å². The lowest BCUT2D eigenvalue weighted by Gasteiger charge is -2.41. The first-order valence-corrected chi connectivity index (χ1v) is 8.53. The van der Waals surface area contributed by atoms with Crippen LogP contribution in [0.3, 0.4) is 0 Å². The normalized spacial score (nSPS) is 28.1. The van der Waals surface area contributed by atoms with E-state index in [1.165, 1.54) is 36.9 Å². The first kappa shape index (κ1) is 14.9. The highest BCUT2D eigenvalue weighted by Gasteiger charge is 2.40. The molecule has 3 heteroatoms. The molecular formula is C18H28N2O. The standard InChI is InChI=1S/C18H28N2O/c1-2-19-15-12-17-8-9-18(13-15)20(17)16-7-3-5-14(11-16)6-4-10-21/h3,5,7,11,15,17-19,21H,2,4,6,8-10,12-13H2,1H3. The van der Waals surface area contributed by atoms with Crippen LogP contribution >= 0.6 is 0 Å². The number of fused-ring (bicyclic) bond motifs is 2. The molecule has 2 N–H and O–H groups in total. The fraction of sp³-hybridized carbons (Fsp3) is 0.667. The van der Waals surface area contributed by atoms with E-state index in [0.29, 0.717) is 18.1 Å². The van der Waals surface area contributed by atoms with Gasteiger partial charge in [-0.1, -0.05) is 19.1 Å². The van der Waals surface area contributed by atoms with Gasteiger partial charge in [-0.2, -0.15) is 0 Å². The summed E-state index contributed by atoms with van der Waals surface area (Å²) in [5.41, 5.74) is 2.75. The minimum Gasteiger partial charge on any atom is -0.396 e. The molecule has 2 heterocycles. The van der Waals surface area contributed by atoms with E-state index in [4.69, 9.17) is 5.11 Å². The Morgan fingerprint density at radius 2 is 2.00 bits per heavy atom. The molecule has 1 aromatic rings. The van der Waals surface area contributed by atoms with E-state index in [-0.39, 0.29) is 6.61 Å². The van der Waals surface area contributed by atoms with Crippen LogP contribution in [0.1, 0.15) is 44.6 Å². The molecule has 0 aromatic heterocycles. The molecule has 2 saturated heterocycles. The number of hydrogen-bond donors (Lipinski definition) is 2. The summed E-state index contributed by atoms with van der Waals surface area (Å²) in [6.45, 7) is 3.57. The van der Waals surface area contributed by atoms with Crippen molar-refractivity contribution in [3.05, 3.63) is 29.8 Å². The van der Waals surface area contributed by atoms with Crippen molar-refractivity contribution in [1.82, 2.24) is 5.32 Å². The summed E-state index contributed by atoms with van der Waals surface area (Å²) < 4.78 is 0. The van der Waals surface area contributed by atoms with Gasteiger partial charge in [-0.25, -0.2) is 0 Å². The van der Waals surface area contributed by atoms with Gasteiger partial charge in [0.25, 0.3) is 0 Å². The Kier molecular flexibility index (Phi) is 4.81. The van der Waals surface area contributed by atoms with Gasteiger partial charge in [0.2, 0.25) is 0 Å². The molecule has 2 fully saturated rings. The van der Waals surface area contributed by atoms with Crippen LogP contribution in [0.4, 0.5) is 5.69 Å². The van der Waals surface area contributed by atoms with E-state index in [1.54, 1.807) is 0 Å². The van der Waals surface area contributed by atoms with Gasteiger partial charge in [0.05, 0.1) is 0 Å². The maximum absolute atomic E-state index is 9.00. The number of aryl methyl sites for hydroxylation is 1. The van der Waals surface area contributed by atoms with Crippen molar-refractivity contribution in [1.29, 1.82) is 0 Å². The van der Waals surface area contributed by atoms with Crippen molar-refractivity contribution in [2.45, 2.75) is 63.6 Å². The van der Waals surface area contributed by atoms with Gasteiger partial charge < -0.3 is 15.3 Å². The summed E-state index contributed by atoms with van der Waals surface area (Å²) in [4.78, 5) is 2.68. The molecule has 0 spiro atoms. The highest BCUT2D eigenvalue weighted by molar-refractivity contribution is 5.52. The summed E-state index contributed by atoms with van der Waals surface area (Å²) in [5.74, 6) is 0. The molecule has 0 amide bonds. The average Bonchev–Trinajstić information content (AvgIpc) is 2.77. The average molecular weight is 288 g/mol. The second-order valence-electron chi connectivity index (χ2n) is 6.52. The van der Waals surface area contributed by atoms with Gasteiger partial charge in [-0.05, 0) is 62.8 Å². The zero-order valence-corrected chi connectivity index (χ0v) is 13.1. The molecule has 2 aliphatic rings. The van der Waals surface area contributed by atoms with Crippen molar-refractivity contribution < 1.29 is 5.11 Å². The van der Waals surface area contributed by atoms with Gasteiger partial charge in [-0.15, -0.1) is 0 Å². The summed E-state index contributed by atoms with van der Waals surface area (Å²) >= 11 is 0. The molecular weight excluding hydrogens is 260 g/mol. The fourth-order valence-corrected chi connectivity index (χ4v) is 4.21. The molecule has 0 radical (unpaired) electrons. The van der Waals surface area contributed by atoms with Crippen molar-refractivity contribution >= 4 is 5.69 Å². The molecule has 2 unspecified atom stereocenters. The zero-order valence-electron chi connectivity index (χ0n) is 13.1. The minimum atomic E-state index is 0.281. The van der Waals surface area contributed by atoms with Gasteiger partial charge >= 0.3 is 0 Å². The number of nitrogens with zero attached hydrogens (tertiary/aromatic N) is 1. The Labute approximate surface area is 128 Å². The summed E-state index contributed by atoms with van der Waals surface area (Å²) in [5, 5.41) is 12.6. The lowest BCUT2D eigenvalue weighted by Crippen LogP contribution is -2.49. The lowest BCUT2D eigenvalue weighted by molar-refractivity contribution is 0.288. The third-order valence-electron chi connectivity index (χ3n) is 5.06. The van der Waals surface area contributed by atoms with Crippen LogP contribution < -0.4 is 10.2 Å². The molecule has 116 valence electrons. The molecule has 2 aliphatic heterocycles. The number of aliphatic hydroxyl groups is 1. The number of aliphatic hydroxyl groups excluding tert-OH is 1. The molecule has 2 bridgehead atoms. The predicted octanol–water partition coefficient (Wildman–Crippen LogP) is 2.72. The fourth-order valence-electron chi connectivity index (χ4n) is 4.21. The predicted molar refractivity (Wildman–Crippen MR) is 87.8 cm³/mol. The second-order valence-corrected chi connectivity index (χ2v) is 6.52. The lowest BCUT2D eigenvalue weighted by atomic mass is 9.96. The summed E-state index contributed by atoms with van der Waals surface area (Å²) in [7, 11) is 0. The molecule has 2 atom stereocenters. The van der Waals surface area contributed by atoms with Crippen molar-refractivity contribution in [2.24, 2.45) is 0 Å². The van der Waals surface area contributed by atoms with E-state index in [1.807, 2.05) is 0 Å². The quantitative estimate of drug-likeness (QED) is 0.845. The van der Waals surface area contributed by atoms with Crippen LogP contribution in [-0.4, -0.2) is 36.4 Å². The van der Waals surface area contributed by atoms with E-state index in [9.17, 15) is 0 Å². The smallest absolute Gasteiger partial charge is 0.0434 e. The van der Waals surface area contributed by atoms with Crippen LogP contribution in [0.5, 0.6) is 0 Å². The SMILES string of the molecule is CCNC1CC2CCC(C1)N2c1cccc(CCCO)c1. The van der Waals surface area contributed by atoms with E-state index >= 15 is 0 Å². The summed E-state index contributed by atoms with van der Waals surface area (Å²) in [6.07, 6.45) is 7.09. The minimum absolute atomic E-state index is 0.281. The molecule has 0 saturated carbocycles. The van der Waals surface area contributed by atoms with Crippen LogP contribution in [0.15, 0.2) is 24.3 Å². The first-order valence-electron chi connectivity index (χ1n) is 8.53. The largest absolute Gasteiger partial charge is 0.396 e. The molecule has 3 nitrogen and oxygen atoms in total. The van der Waals surface area contributed by atoms with Crippen LogP contribution in [-0.2, 0) is 6.42 Å². The number of benzene rings is 1. The van der Waals surface area contributed by atoms with Gasteiger partial charge in [0.1, 0.15) is 0 Å². The number of piperidine rings is 1. The number of anilines is 1. The van der Waals surface area contributed by atoms with Gasteiger partial charge in [0, 0.05) is 30.4 Å². The topological polar surface area (TPSA) is 35.5 Å². The Morgan fingerprint density at radius 3 is 2.67 bits per heavy atom. The number of nitrogens with one attached hydrogen (secondary N) is 1. The molecule has 3 rings (SSSR count). The molecule has 21 heavy (non-hydrogen) atoms. The highest BCUT2D eigenvalue weighted by Crippen LogP contribution is 2.39. The third-order valence-corrected chi connectivity index (χ3v) is 5.06. The van der Waals surface area contributed by atoms with Crippen LogP contribution in [0.2, 0.25) is 0 Å². The Hall–Kier alpha value is -1.06. The van der Waals surface area contributed by atoms with Crippen LogP contribution in [0, 0.1) is 0 Å².